The lowest BCUT2D eigenvalue weighted by Gasteiger charge is -2.09. The molecule has 0 bridgehead atoms. The van der Waals surface area contributed by atoms with Crippen LogP contribution < -0.4 is 11.1 Å². The van der Waals surface area contributed by atoms with Crippen LogP contribution in [0.4, 0.5) is 0 Å². The number of hydrogen-bond acceptors (Lipinski definition) is 3. The maximum Gasteiger partial charge on any atom is 0.238 e. The van der Waals surface area contributed by atoms with E-state index in [1.807, 2.05) is 20.9 Å². The summed E-state index contributed by atoms with van der Waals surface area (Å²) >= 11 is 0. The van der Waals surface area contributed by atoms with Crippen molar-refractivity contribution >= 4 is 5.91 Å². The molecule has 92 valence electrons. The number of terminal acetylenes is 1. The molecule has 0 saturated heterocycles. The summed E-state index contributed by atoms with van der Waals surface area (Å²) < 4.78 is 1.79. The highest BCUT2D eigenvalue weighted by Gasteiger charge is 2.14. The van der Waals surface area contributed by atoms with Crippen LogP contribution in [0.25, 0.3) is 0 Å². The lowest BCUT2D eigenvalue weighted by Crippen LogP contribution is -2.40. The molecule has 0 radical (unpaired) electrons. The van der Waals surface area contributed by atoms with Crippen LogP contribution in [0.15, 0.2) is 0 Å². The molecule has 5 heteroatoms. The molecule has 0 spiro atoms. The highest BCUT2D eigenvalue weighted by atomic mass is 16.2. The molecule has 1 amide bonds. The second kappa shape index (κ2) is 5.51. The van der Waals surface area contributed by atoms with Crippen molar-refractivity contribution in [2.24, 2.45) is 12.8 Å². The van der Waals surface area contributed by atoms with E-state index in [4.69, 9.17) is 12.2 Å². The van der Waals surface area contributed by atoms with Gasteiger partial charge in [-0.1, -0.05) is 0 Å². The van der Waals surface area contributed by atoms with E-state index in [0.717, 1.165) is 17.0 Å². The largest absolute Gasteiger partial charge is 0.351 e. The first-order valence-corrected chi connectivity index (χ1v) is 5.43. The minimum Gasteiger partial charge on any atom is -0.351 e. The molecule has 1 unspecified atom stereocenters. The maximum absolute atomic E-state index is 11.6. The number of aryl methyl sites for hydroxylation is 2. The van der Waals surface area contributed by atoms with Crippen molar-refractivity contribution in [2.45, 2.75) is 32.9 Å². The maximum atomic E-state index is 11.6. The summed E-state index contributed by atoms with van der Waals surface area (Å²) in [5.41, 5.74) is 8.57. The lowest BCUT2D eigenvalue weighted by molar-refractivity contribution is -0.122. The fourth-order valence-corrected chi connectivity index (χ4v) is 1.60. The van der Waals surface area contributed by atoms with Gasteiger partial charge in [-0.15, -0.1) is 12.3 Å². The highest BCUT2D eigenvalue weighted by Crippen LogP contribution is 2.11. The topological polar surface area (TPSA) is 72.9 Å². The smallest absolute Gasteiger partial charge is 0.238 e. The van der Waals surface area contributed by atoms with Gasteiger partial charge < -0.3 is 11.1 Å². The summed E-state index contributed by atoms with van der Waals surface area (Å²) in [5.74, 6) is 2.14. The standard InChI is InChI=1S/C12H18N4O/c1-5-6-11(13)12(17)14-7-10-8(2)15-16(4)9(10)3/h1,11H,6-7,13H2,2-4H3,(H,14,17). The molecule has 0 aromatic carbocycles. The third-order valence-electron chi connectivity index (χ3n) is 2.77. The van der Waals surface area contributed by atoms with E-state index in [-0.39, 0.29) is 12.3 Å². The van der Waals surface area contributed by atoms with Gasteiger partial charge in [0.15, 0.2) is 0 Å². The molecular weight excluding hydrogens is 216 g/mol. The first-order chi connectivity index (χ1) is 7.97. The molecule has 1 aromatic rings. The lowest BCUT2D eigenvalue weighted by atomic mass is 10.1. The van der Waals surface area contributed by atoms with Crippen LogP contribution in [0.3, 0.4) is 0 Å². The van der Waals surface area contributed by atoms with Crippen LogP contribution >= 0.6 is 0 Å². The Bertz CT molecular complexity index is 456. The molecule has 0 aliphatic carbocycles. The summed E-state index contributed by atoms with van der Waals surface area (Å²) in [6.07, 6.45) is 5.35. The molecule has 0 saturated carbocycles. The minimum atomic E-state index is -0.641. The quantitative estimate of drug-likeness (QED) is 0.720. The minimum absolute atomic E-state index is 0.231. The van der Waals surface area contributed by atoms with Gasteiger partial charge in [-0.2, -0.15) is 5.10 Å². The van der Waals surface area contributed by atoms with Crippen molar-refractivity contribution in [3.8, 4) is 12.3 Å². The molecule has 17 heavy (non-hydrogen) atoms. The summed E-state index contributed by atoms with van der Waals surface area (Å²) in [6, 6.07) is -0.641. The first-order valence-electron chi connectivity index (χ1n) is 5.43. The number of carbonyl (C=O) groups excluding carboxylic acids is 1. The second-order valence-corrected chi connectivity index (χ2v) is 4.01. The van der Waals surface area contributed by atoms with Gasteiger partial charge >= 0.3 is 0 Å². The fourth-order valence-electron chi connectivity index (χ4n) is 1.60. The van der Waals surface area contributed by atoms with Gasteiger partial charge in [-0.25, -0.2) is 0 Å². The molecule has 1 rings (SSSR count). The Morgan fingerprint density at radius 3 is 2.76 bits per heavy atom. The Kier molecular flexibility index (Phi) is 4.30. The van der Waals surface area contributed by atoms with Gasteiger partial charge in [-0.3, -0.25) is 9.48 Å². The molecule has 0 aliphatic heterocycles. The number of hydrogen-bond donors (Lipinski definition) is 2. The zero-order valence-electron chi connectivity index (χ0n) is 10.4. The van der Waals surface area contributed by atoms with Gasteiger partial charge in [0.2, 0.25) is 5.91 Å². The molecule has 1 heterocycles. The zero-order valence-corrected chi connectivity index (χ0v) is 10.4. The molecule has 0 fully saturated rings. The van der Waals surface area contributed by atoms with E-state index in [1.165, 1.54) is 0 Å². The summed E-state index contributed by atoms with van der Waals surface area (Å²) in [7, 11) is 1.87. The van der Waals surface area contributed by atoms with Crippen LogP contribution in [0, 0.1) is 26.2 Å². The van der Waals surface area contributed by atoms with Crippen molar-refractivity contribution in [1.82, 2.24) is 15.1 Å². The number of amides is 1. The van der Waals surface area contributed by atoms with Crippen molar-refractivity contribution in [1.29, 1.82) is 0 Å². The number of aromatic nitrogens is 2. The summed E-state index contributed by atoms with van der Waals surface area (Å²) in [6.45, 7) is 4.31. The highest BCUT2D eigenvalue weighted by molar-refractivity contribution is 5.81. The number of nitrogens with zero attached hydrogens (tertiary/aromatic N) is 2. The van der Waals surface area contributed by atoms with Crippen molar-refractivity contribution in [3.05, 3.63) is 17.0 Å². The van der Waals surface area contributed by atoms with E-state index in [9.17, 15) is 4.79 Å². The van der Waals surface area contributed by atoms with Gasteiger partial charge in [0, 0.05) is 31.3 Å². The van der Waals surface area contributed by atoms with E-state index in [0.29, 0.717) is 6.54 Å². The Morgan fingerprint density at radius 1 is 1.65 bits per heavy atom. The number of nitrogens with one attached hydrogen (secondary N) is 1. The van der Waals surface area contributed by atoms with Crippen molar-refractivity contribution in [2.75, 3.05) is 0 Å². The van der Waals surface area contributed by atoms with E-state index >= 15 is 0 Å². The fraction of sp³-hybridized carbons (Fsp3) is 0.500. The van der Waals surface area contributed by atoms with Crippen LogP contribution in [-0.2, 0) is 18.4 Å². The third kappa shape index (κ3) is 3.08. The SMILES string of the molecule is C#CCC(N)C(=O)NCc1c(C)nn(C)c1C. The van der Waals surface area contributed by atoms with Crippen LogP contribution in [-0.4, -0.2) is 21.7 Å². The van der Waals surface area contributed by atoms with Gasteiger partial charge in [0.05, 0.1) is 11.7 Å². The normalized spacial score (nSPS) is 11.9. The zero-order chi connectivity index (χ0) is 13.0. The number of nitrogens with two attached hydrogens (primary N) is 1. The van der Waals surface area contributed by atoms with E-state index in [2.05, 4.69) is 16.3 Å². The summed E-state index contributed by atoms with van der Waals surface area (Å²) in [5, 5.41) is 7.04. The van der Waals surface area contributed by atoms with E-state index in [1.54, 1.807) is 4.68 Å². The van der Waals surface area contributed by atoms with Crippen LogP contribution in [0.2, 0.25) is 0 Å². The van der Waals surface area contributed by atoms with Crippen LogP contribution in [0.1, 0.15) is 23.4 Å². The van der Waals surface area contributed by atoms with E-state index < -0.39 is 6.04 Å². The van der Waals surface area contributed by atoms with Gasteiger partial charge in [0.1, 0.15) is 0 Å². The van der Waals surface area contributed by atoms with Crippen molar-refractivity contribution in [3.63, 3.8) is 0 Å². The Balaban J connectivity index is 2.62. The van der Waals surface area contributed by atoms with Crippen molar-refractivity contribution < 1.29 is 4.79 Å². The monoisotopic (exact) mass is 234 g/mol. The predicted molar refractivity (Wildman–Crippen MR) is 66.0 cm³/mol. The third-order valence-corrected chi connectivity index (χ3v) is 2.77. The molecule has 3 N–H and O–H groups in total. The Hall–Kier alpha value is -1.80. The predicted octanol–water partition coefficient (Wildman–Crippen LogP) is 0.00374. The van der Waals surface area contributed by atoms with Crippen LogP contribution in [0.5, 0.6) is 0 Å². The molecule has 5 nitrogen and oxygen atoms in total. The molecular formula is C12H18N4O. The van der Waals surface area contributed by atoms with Gasteiger partial charge in [-0.05, 0) is 13.8 Å². The second-order valence-electron chi connectivity index (χ2n) is 4.01. The summed E-state index contributed by atoms with van der Waals surface area (Å²) in [4.78, 5) is 11.6. The molecule has 1 atom stereocenters. The molecule has 1 aromatic heterocycles. The molecule has 0 aliphatic rings. The Labute approximate surface area is 101 Å². The number of carbonyl (C=O) groups is 1. The first kappa shape index (κ1) is 13.3. The Morgan fingerprint density at radius 2 is 2.29 bits per heavy atom. The average Bonchev–Trinajstić information content (AvgIpc) is 2.51. The van der Waals surface area contributed by atoms with Gasteiger partial charge in [0.25, 0.3) is 0 Å². The number of rotatable bonds is 4. The average molecular weight is 234 g/mol.